The number of piperidine rings is 1. The quantitative estimate of drug-likeness (QED) is 0.540. The Labute approximate surface area is 249 Å². The summed E-state index contributed by atoms with van der Waals surface area (Å²) in [7, 11) is -1.96. The second-order valence-electron chi connectivity index (χ2n) is 13.1. The summed E-state index contributed by atoms with van der Waals surface area (Å²) >= 11 is 0. The van der Waals surface area contributed by atoms with Crippen LogP contribution in [0.25, 0.3) is 0 Å². The third kappa shape index (κ3) is 6.15. The van der Waals surface area contributed by atoms with Gasteiger partial charge < -0.3 is 24.4 Å². The molecule has 230 valence electrons. The highest BCUT2D eigenvalue weighted by Crippen LogP contribution is 2.35. The molecule has 3 aliphatic heterocycles. The summed E-state index contributed by atoms with van der Waals surface area (Å²) in [6, 6.07) is 5.30. The monoisotopic (exact) mass is 600 g/mol. The highest BCUT2D eigenvalue weighted by atomic mass is 32.2. The van der Waals surface area contributed by atoms with Gasteiger partial charge >= 0.3 is 6.09 Å². The Bertz CT molecular complexity index is 1430. The number of nitrogens with zero attached hydrogens (tertiary/aromatic N) is 5. The molecular weight excluding hydrogens is 556 g/mol. The van der Waals surface area contributed by atoms with Crippen LogP contribution in [0.2, 0.25) is 0 Å². The van der Waals surface area contributed by atoms with Gasteiger partial charge in [0, 0.05) is 82.2 Å². The second-order valence-corrected chi connectivity index (χ2v) is 15.0. The van der Waals surface area contributed by atoms with E-state index in [1.165, 1.54) is 10.4 Å². The first-order chi connectivity index (χ1) is 19.7. The zero-order valence-corrected chi connectivity index (χ0v) is 26.4. The second kappa shape index (κ2) is 11.5. The number of anilines is 1. The number of aromatic nitrogens is 2. The third-order valence-electron chi connectivity index (χ3n) is 8.83. The van der Waals surface area contributed by atoms with Crippen molar-refractivity contribution < 1.29 is 22.7 Å². The number of rotatable bonds is 6. The first-order valence-electron chi connectivity index (χ1n) is 14.9. The molecular formula is C30H44N6O5S. The van der Waals surface area contributed by atoms with Crippen LogP contribution in [0.4, 0.5) is 10.6 Å². The molecule has 42 heavy (non-hydrogen) atoms. The van der Waals surface area contributed by atoms with E-state index >= 15 is 0 Å². The van der Waals surface area contributed by atoms with E-state index in [0.717, 1.165) is 37.3 Å². The Balaban J connectivity index is 1.23. The molecule has 0 spiro atoms. The van der Waals surface area contributed by atoms with Gasteiger partial charge in [-0.1, -0.05) is 13.0 Å². The van der Waals surface area contributed by atoms with Gasteiger partial charge in [-0.05, 0) is 58.6 Å². The number of likely N-dealkylation sites (tertiary alicyclic amines) is 1. The minimum absolute atomic E-state index is 0.191. The van der Waals surface area contributed by atoms with E-state index in [1.807, 2.05) is 32.9 Å². The summed E-state index contributed by atoms with van der Waals surface area (Å²) in [5.74, 6) is 1.66. The van der Waals surface area contributed by atoms with Crippen molar-refractivity contribution in [3.8, 4) is 0 Å². The summed E-state index contributed by atoms with van der Waals surface area (Å²) in [6.45, 7) is 13.6. The van der Waals surface area contributed by atoms with Gasteiger partial charge in [-0.15, -0.1) is 0 Å². The fourth-order valence-electron chi connectivity index (χ4n) is 6.28. The molecule has 2 aromatic heterocycles. The first-order valence-corrected chi connectivity index (χ1v) is 16.3. The number of sulfonamides is 1. The fraction of sp³-hybridized carbons (Fsp3) is 0.633. The Morgan fingerprint density at radius 1 is 1.10 bits per heavy atom. The van der Waals surface area contributed by atoms with Gasteiger partial charge in [0.1, 0.15) is 22.0 Å². The van der Waals surface area contributed by atoms with Gasteiger partial charge in [0.25, 0.3) is 5.91 Å². The van der Waals surface area contributed by atoms with Gasteiger partial charge in [0.2, 0.25) is 10.0 Å². The Morgan fingerprint density at radius 2 is 1.74 bits per heavy atom. The van der Waals surface area contributed by atoms with E-state index in [1.54, 1.807) is 29.6 Å². The lowest BCUT2D eigenvalue weighted by Crippen LogP contribution is -2.38. The number of amides is 2. The maximum atomic E-state index is 13.4. The largest absolute Gasteiger partial charge is 0.444 e. The molecule has 0 aliphatic carbocycles. The number of carbonyl (C=O) groups is 2. The average molecular weight is 601 g/mol. The lowest BCUT2D eigenvalue weighted by atomic mass is 10.0. The van der Waals surface area contributed by atoms with Crippen LogP contribution in [-0.4, -0.2) is 84.0 Å². The van der Waals surface area contributed by atoms with E-state index in [4.69, 9.17) is 4.74 Å². The molecule has 5 rings (SSSR count). The number of pyridine rings is 1. The number of ether oxygens (including phenoxy) is 1. The SMILES string of the molecule is Cc1c(S(=O)(=O)N2CCC(C)CC2)cc(C(=O)NCc2cccnc2N2CC3CN(C(=O)OC(C)(C)C)CC3C2)n1C. The zero-order valence-electron chi connectivity index (χ0n) is 25.6. The van der Waals surface area contributed by atoms with Gasteiger partial charge in [-0.25, -0.2) is 18.2 Å². The number of nitrogens with one attached hydrogen (secondary N) is 1. The molecule has 3 fully saturated rings. The van der Waals surface area contributed by atoms with Crippen molar-refractivity contribution in [3.63, 3.8) is 0 Å². The van der Waals surface area contributed by atoms with Crippen LogP contribution in [0.15, 0.2) is 29.3 Å². The van der Waals surface area contributed by atoms with Crippen LogP contribution < -0.4 is 10.2 Å². The Kier molecular flexibility index (Phi) is 8.32. The molecule has 3 saturated heterocycles. The highest BCUT2D eigenvalue weighted by molar-refractivity contribution is 7.89. The van der Waals surface area contributed by atoms with Crippen molar-refractivity contribution in [1.29, 1.82) is 0 Å². The summed E-state index contributed by atoms with van der Waals surface area (Å²) in [5, 5.41) is 2.99. The zero-order chi connectivity index (χ0) is 30.4. The molecule has 12 heteroatoms. The topological polar surface area (TPSA) is 117 Å². The van der Waals surface area contributed by atoms with Crippen molar-refractivity contribution in [2.45, 2.75) is 64.5 Å². The molecule has 1 N–H and O–H groups in total. The van der Waals surface area contributed by atoms with Crippen molar-refractivity contribution in [3.05, 3.63) is 41.3 Å². The minimum atomic E-state index is -3.68. The lowest BCUT2D eigenvalue weighted by molar-refractivity contribution is 0.0282. The fourth-order valence-corrected chi connectivity index (χ4v) is 8.02. The molecule has 2 unspecified atom stereocenters. The molecule has 11 nitrogen and oxygen atoms in total. The molecule has 2 atom stereocenters. The first kappa shape index (κ1) is 30.3. The predicted molar refractivity (Wildman–Crippen MR) is 160 cm³/mol. The van der Waals surface area contributed by atoms with Gasteiger partial charge in [0.15, 0.2) is 0 Å². The molecule has 0 aromatic carbocycles. The Morgan fingerprint density at radius 3 is 2.36 bits per heavy atom. The smallest absolute Gasteiger partial charge is 0.410 e. The maximum absolute atomic E-state index is 13.4. The number of carbonyl (C=O) groups excluding carboxylic acids is 2. The van der Waals surface area contributed by atoms with E-state index in [-0.39, 0.29) is 23.4 Å². The van der Waals surface area contributed by atoms with Crippen molar-refractivity contribution in [1.82, 2.24) is 24.1 Å². The standard InChI is InChI=1S/C30H44N6O5S/c1-20-9-12-36(13-10-20)42(39,40)26-14-25(33(6)21(26)2)28(37)32-15-22-8-7-11-31-27(22)34-16-23-18-35(19-24(23)17-34)29(38)41-30(3,4)5/h7-8,11,14,20,23-24H,9-10,12-13,15-19H2,1-6H3,(H,32,37). The molecule has 2 amide bonds. The van der Waals surface area contributed by atoms with Crippen molar-refractivity contribution in [2.24, 2.45) is 24.8 Å². The van der Waals surface area contributed by atoms with Gasteiger partial charge in [0.05, 0.1) is 0 Å². The van der Waals surface area contributed by atoms with E-state index in [9.17, 15) is 18.0 Å². The molecule has 5 heterocycles. The van der Waals surface area contributed by atoms with Gasteiger partial charge in [-0.3, -0.25) is 4.79 Å². The van der Waals surface area contributed by atoms with Crippen molar-refractivity contribution >= 4 is 27.8 Å². The van der Waals surface area contributed by atoms with Crippen molar-refractivity contribution in [2.75, 3.05) is 44.2 Å². The van der Waals surface area contributed by atoms with E-state index in [0.29, 0.717) is 55.3 Å². The van der Waals surface area contributed by atoms with Crippen LogP contribution in [0.1, 0.15) is 62.3 Å². The molecule has 3 aliphatic rings. The van der Waals surface area contributed by atoms with Crippen LogP contribution in [0.5, 0.6) is 0 Å². The molecule has 0 saturated carbocycles. The highest BCUT2D eigenvalue weighted by Gasteiger charge is 2.43. The van der Waals surface area contributed by atoms with Crippen LogP contribution in [0.3, 0.4) is 0 Å². The van der Waals surface area contributed by atoms with E-state index in [2.05, 4.69) is 22.1 Å². The Hall–Kier alpha value is -3.12. The maximum Gasteiger partial charge on any atom is 0.410 e. The van der Waals surface area contributed by atoms with Crippen LogP contribution in [-0.2, 0) is 28.4 Å². The summed E-state index contributed by atoms with van der Waals surface area (Å²) in [4.78, 5) is 34.8. The molecule has 0 radical (unpaired) electrons. The predicted octanol–water partition coefficient (Wildman–Crippen LogP) is 3.38. The van der Waals surface area contributed by atoms with Crippen LogP contribution >= 0.6 is 0 Å². The number of fused-ring (bicyclic) bond motifs is 1. The van der Waals surface area contributed by atoms with E-state index < -0.39 is 15.6 Å². The number of hydrogen-bond donors (Lipinski definition) is 1. The minimum Gasteiger partial charge on any atom is -0.444 e. The average Bonchev–Trinajstić information content (AvgIpc) is 3.59. The lowest BCUT2D eigenvalue weighted by Gasteiger charge is -2.29. The number of hydrogen-bond acceptors (Lipinski definition) is 7. The third-order valence-corrected chi connectivity index (χ3v) is 10.8. The van der Waals surface area contributed by atoms with Crippen LogP contribution in [0, 0.1) is 24.7 Å². The normalized spacial score (nSPS) is 22.0. The molecule has 2 aromatic rings. The summed E-state index contributed by atoms with van der Waals surface area (Å²) in [6.07, 6.45) is 3.17. The summed E-state index contributed by atoms with van der Waals surface area (Å²) < 4.78 is 35.6. The van der Waals surface area contributed by atoms with Gasteiger partial charge in [-0.2, -0.15) is 4.31 Å². The molecule has 0 bridgehead atoms. The summed E-state index contributed by atoms with van der Waals surface area (Å²) in [5.41, 5.74) is 1.22.